The van der Waals surface area contributed by atoms with E-state index in [2.05, 4.69) is 39.6 Å². The van der Waals surface area contributed by atoms with Crippen LogP contribution in [0.2, 0.25) is 10.0 Å². The number of hydrogen-bond donors (Lipinski definition) is 3. The Hall–Kier alpha value is -2.02. The Labute approximate surface area is 209 Å². The van der Waals surface area contributed by atoms with Gasteiger partial charge in [-0.1, -0.05) is 89.9 Å². The Balaban J connectivity index is 1.35. The summed E-state index contributed by atoms with van der Waals surface area (Å²) in [5, 5.41) is 7.67. The van der Waals surface area contributed by atoms with E-state index in [0.717, 1.165) is 17.9 Å². The molecule has 3 aromatic carbocycles. The maximum absolute atomic E-state index is 13.1. The van der Waals surface area contributed by atoms with E-state index in [-0.39, 0.29) is 23.8 Å². The maximum atomic E-state index is 13.1. The molecule has 0 unspecified atom stereocenters. The highest BCUT2D eigenvalue weighted by molar-refractivity contribution is 7.97. The monoisotopic (exact) mass is 499 g/mol. The Kier molecular flexibility index (Phi) is 8.70. The molecule has 0 bridgehead atoms. The van der Waals surface area contributed by atoms with Crippen molar-refractivity contribution in [1.29, 1.82) is 0 Å². The molecule has 1 heterocycles. The fraction of sp³-hybridized carbons (Fsp3) is 0.269. The zero-order chi connectivity index (χ0) is 23.0. The number of amides is 1. The third-order valence-corrected chi connectivity index (χ3v) is 7.80. The highest BCUT2D eigenvalue weighted by atomic mass is 35.5. The maximum Gasteiger partial charge on any atom is 0.224 e. The van der Waals surface area contributed by atoms with E-state index in [9.17, 15) is 4.79 Å². The second-order valence-corrected chi connectivity index (χ2v) is 9.84. The minimum absolute atomic E-state index is 0.0802. The molecule has 7 heteroatoms. The van der Waals surface area contributed by atoms with E-state index < -0.39 is 0 Å². The van der Waals surface area contributed by atoms with Gasteiger partial charge in [-0.15, -0.1) is 0 Å². The highest BCUT2D eigenvalue weighted by Gasteiger charge is 2.28. The molecule has 4 nitrogen and oxygen atoms in total. The fourth-order valence-corrected chi connectivity index (χ4v) is 5.38. The van der Waals surface area contributed by atoms with Crippen molar-refractivity contribution in [3.8, 4) is 0 Å². The number of piperidine rings is 1. The Morgan fingerprint density at radius 1 is 0.939 bits per heavy atom. The summed E-state index contributed by atoms with van der Waals surface area (Å²) in [5.41, 5.74) is 2.39. The molecule has 0 radical (unpaired) electrons. The van der Waals surface area contributed by atoms with Crippen molar-refractivity contribution < 1.29 is 4.79 Å². The molecule has 0 spiro atoms. The molecule has 0 aromatic heterocycles. The predicted molar refractivity (Wildman–Crippen MR) is 138 cm³/mol. The number of carbonyl (C=O) groups is 1. The first-order chi connectivity index (χ1) is 16.1. The average Bonchev–Trinajstić information content (AvgIpc) is 2.86. The second-order valence-electron chi connectivity index (χ2n) is 8.18. The summed E-state index contributed by atoms with van der Waals surface area (Å²) in [4.78, 5) is 13.9. The Morgan fingerprint density at radius 2 is 1.61 bits per heavy atom. The molecular weight excluding hydrogens is 473 g/mol. The number of halogens is 2. The zero-order valence-corrected chi connectivity index (χ0v) is 20.5. The number of benzene rings is 3. The quantitative estimate of drug-likeness (QED) is 0.357. The standard InChI is InChI=1S/C26H27Cl2N3OS/c27-23-12-7-13-24(25(23)28)33-31-21-14-20(15-29-16-21)26(32)30-17-22(18-8-3-1-4-9-18)19-10-5-2-6-11-19/h1-13,20-22,29,31H,14-17H2,(H,30,32)/t20-,21+/m0/s1. The summed E-state index contributed by atoms with van der Waals surface area (Å²) in [6.45, 7) is 2.04. The first-order valence-electron chi connectivity index (χ1n) is 11.1. The largest absolute Gasteiger partial charge is 0.355 e. The van der Waals surface area contributed by atoms with E-state index in [1.165, 1.54) is 23.1 Å². The van der Waals surface area contributed by atoms with Crippen LogP contribution in [-0.2, 0) is 4.79 Å². The number of nitrogens with one attached hydrogen (secondary N) is 3. The van der Waals surface area contributed by atoms with Crippen molar-refractivity contribution in [1.82, 2.24) is 15.4 Å². The van der Waals surface area contributed by atoms with Crippen molar-refractivity contribution in [2.75, 3.05) is 19.6 Å². The van der Waals surface area contributed by atoms with Crippen LogP contribution in [0.15, 0.2) is 83.8 Å². The van der Waals surface area contributed by atoms with Crippen LogP contribution in [0.3, 0.4) is 0 Å². The molecule has 3 aromatic rings. The summed E-state index contributed by atoms with van der Waals surface area (Å²) < 4.78 is 3.44. The van der Waals surface area contributed by atoms with Crippen molar-refractivity contribution in [3.05, 3.63) is 100 Å². The molecule has 3 N–H and O–H groups in total. The number of carbonyl (C=O) groups excluding carboxylic acids is 1. The molecule has 1 fully saturated rings. The predicted octanol–water partition coefficient (Wildman–Crippen LogP) is 5.52. The van der Waals surface area contributed by atoms with Crippen LogP contribution in [0.25, 0.3) is 0 Å². The molecule has 2 atom stereocenters. The molecular formula is C26H27Cl2N3OS. The van der Waals surface area contributed by atoms with Gasteiger partial charge in [-0.2, -0.15) is 0 Å². The summed E-state index contributed by atoms with van der Waals surface area (Å²) in [6, 6.07) is 26.4. The van der Waals surface area contributed by atoms with Crippen molar-refractivity contribution in [3.63, 3.8) is 0 Å². The SMILES string of the molecule is O=C(NCC(c1ccccc1)c1ccccc1)[C@@H]1CNC[C@H](NSc2cccc(Cl)c2Cl)C1. The highest BCUT2D eigenvalue weighted by Crippen LogP contribution is 2.32. The van der Waals surface area contributed by atoms with Gasteiger partial charge < -0.3 is 10.6 Å². The van der Waals surface area contributed by atoms with Crippen LogP contribution in [-0.4, -0.2) is 31.6 Å². The van der Waals surface area contributed by atoms with E-state index in [1.54, 1.807) is 6.07 Å². The van der Waals surface area contributed by atoms with Crippen LogP contribution < -0.4 is 15.4 Å². The van der Waals surface area contributed by atoms with Gasteiger partial charge in [0, 0.05) is 36.5 Å². The molecule has 1 aliphatic rings. The Bertz CT molecular complexity index is 1010. The van der Waals surface area contributed by atoms with Gasteiger partial charge in [0.15, 0.2) is 0 Å². The molecule has 4 rings (SSSR count). The van der Waals surface area contributed by atoms with Crippen molar-refractivity contribution in [2.24, 2.45) is 5.92 Å². The van der Waals surface area contributed by atoms with Crippen molar-refractivity contribution >= 4 is 41.1 Å². The fourth-order valence-electron chi connectivity index (χ4n) is 4.09. The van der Waals surface area contributed by atoms with Crippen molar-refractivity contribution in [2.45, 2.75) is 23.3 Å². The lowest BCUT2D eigenvalue weighted by Gasteiger charge is -2.30. The van der Waals surface area contributed by atoms with E-state index in [0.29, 0.717) is 23.1 Å². The topological polar surface area (TPSA) is 53.2 Å². The van der Waals surface area contributed by atoms with Crippen LogP contribution in [0, 0.1) is 5.92 Å². The molecule has 1 aliphatic heterocycles. The van der Waals surface area contributed by atoms with Crippen LogP contribution in [0.4, 0.5) is 0 Å². The lowest BCUT2D eigenvalue weighted by Crippen LogP contribution is -2.49. The summed E-state index contributed by atoms with van der Waals surface area (Å²) >= 11 is 13.9. The molecule has 0 aliphatic carbocycles. The average molecular weight is 500 g/mol. The van der Waals surface area contributed by atoms with E-state index >= 15 is 0 Å². The molecule has 0 saturated carbocycles. The summed E-state index contributed by atoms with van der Waals surface area (Å²) in [6.07, 6.45) is 0.755. The van der Waals surface area contributed by atoms with Gasteiger partial charge in [0.05, 0.1) is 16.0 Å². The van der Waals surface area contributed by atoms with E-state index in [4.69, 9.17) is 23.2 Å². The van der Waals surface area contributed by atoms with Gasteiger partial charge in [-0.25, -0.2) is 0 Å². The van der Waals surface area contributed by atoms with Gasteiger partial charge in [-0.3, -0.25) is 9.52 Å². The molecule has 33 heavy (non-hydrogen) atoms. The first kappa shape index (κ1) is 24.1. The first-order valence-corrected chi connectivity index (χ1v) is 12.6. The van der Waals surface area contributed by atoms with Crippen LogP contribution in [0.1, 0.15) is 23.5 Å². The normalized spacial score (nSPS) is 18.3. The zero-order valence-electron chi connectivity index (χ0n) is 18.1. The third-order valence-electron chi connectivity index (χ3n) is 5.86. The van der Waals surface area contributed by atoms with E-state index in [1.807, 2.05) is 48.5 Å². The van der Waals surface area contributed by atoms with Gasteiger partial charge in [0.25, 0.3) is 0 Å². The third kappa shape index (κ3) is 6.52. The molecule has 1 amide bonds. The lowest BCUT2D eigenvalue weighted by atomic mass is 9.90. The number of rotatable bonds is 8. The Morgan fingerprint density at radius 3 is 2.27 bits per heavy atom. The summed E-state index contributed by atoms with van der Waals surface area (Å²) in [5.74, 6) is 0.0953. The minimum Gasteiger partial charge on any atom is -0.355 e. The minimum atomic E-state index is -0.0983. The smallest absolute Gasteiger partial charge is 0.224 e. The molecule has 1 saturated heterocycles. The van der Waals surface area contributed by atoms with Gasteiger partial charge >= 0.3 is 0 Å². The van der Waals surface area contributed by atoms with Crippen LogP contribution in [0.5, 0.6) is 0 Å². The lowest BCUT2D eigenvalue weighted by molar-refractivity contribution is -0.125. The van der Waals surface area contributed by atoms with Gasteiger partial charge in [0.2, 0.25) is 5.91 Å². The van der Waals surface area contributed by atoms with Gasteiger partial charge in [-0.05, 0) is 41.6 Å². The summed E-state index contributed by atoms with van der Waals surface area (Å²) in [7, 11) is 0. The van der Waals surface area contributed by atoms with Gasteiger partial charge in [0.1, 0.15) is 0 Å². The second kappa shape index (κ2) is 11.9. The molecule has 172 valence electrons. The number of hydrogen-bond acceptors (Lipinski definition) is 4. The van der Waals surface area contributed by atoms with Crippen LogP contribution >= 0.6 is 35.1 Å².